The minimum absolute atomic E-state index is 0.563. The lowest BCUT2D eigenvalue weighted by molar-refractivity contribution is 0.154. The van der Waals surface area contributed by atoms with E-state index in [1.807, 2.05) is 4.31 Å². The highest BCUT2D eigenvalue weighted by atomic mass is 32.8. The van der Waals surface area contributed by atoms with Crippen molar-refractivity contribution in [2.24, 2.45) is 0 Å². The van der Waals surface area contributed by atoms with E-state index in [0.717, 1.165) is 26.2 Å². The van der Waals surface area contributed by atoms with Crippen LogP contribution < -0.4 is 0 Å². The standard InChI is InChI=1S/C9H21N3OS2/c1-9(2)11-5-7-12(8-6-11)15(13,14)10(3)4/h9H,5-8H2,1-4H3. The molecule has 1 unspecified atom stereocenters. The first-order valence-corrected chi connectivity index (χ1v) is 7.67. The number of hydrogen-bond acceptors (Lipinski definition) is 3. The molecule has 0 bridgehead atoms. The summed E-state index contributed by atoms with van der Waals surface area (Å²) < 4.78 is 15.7. The first-order chi connectivity index (χ1) is 6.85. The number of nitrogens with zero attached hydrogens (tertiary/aromatic N) is 3. The molecule has 1 rings (SSSR count). The molecule has 0 saturated carbocycles. The SMILES string of the molecule is CC(C)N1CCN(S(=O)(=S)N(C)C)CC1. The van der Waals surface area contributed by atoms with Crippen LogP contribution >= 0.6 is 0 Å². The molecule has 1 aliphatic heterocycles. The Morgan fingerprint density at radius 1 is 1.20 bits per heavy atom. The molecule has 0 N–H and O–H groups in total. The monoisotopic (exact) mass is 251 g/mol. The van der Waals surface area contributed by atoms with E-state index >= 15 is 0 Å². The minimum atomic E-state index is -2.38. The summed E-state index contributed by atoms with van der Waals surface area (Å²) in [7, 11) is 1.19. The van der Waals surface area contributed by atoms with Crippen molar-refractivity contribution >= 4 is 20.1 Å². The summed E-state index contributed by atoms with van der Waals surface area (Å²) in [5, 5.41) is 0. The third-order valence-electron chi connectivity index (χ3n) is 2.79. The first-order valence-electron chi connectivity index (χ1n) is 5.27. The zero-order valence-corrected chi connectivity index (χ0v) is 11.6. The number of rotatable bonds is 3. The molecule has 0 radical (unpaired) electrons. The van der Waals surface area contributed by atoms with Gasteiger partial charge in [-0.25, -0.2) is 12.8 Å². The van der Waals surface area contributed by atoms with Gasteiger partial charge in [0.1, 0.15) is 0 Å². The minimum Gasteiger partial charge on any atom is -0.298 e. The quantitative estimate of drug-likeness (QED) is 0.714. The van der Waals surface area contributed by atoms with Gasteiger partial charge < -0.3 is 0 Å². The predicted molar refractivity (Wildman–Crippen MR) is 67.5 cm³/mol. The van der Waals surface area contributed by atoms with E-state index in [9.17, 15) is 4.21 Å². The zero-order valence-electron chi connectivity index (χ0n) is 9.97. The van der Waals surface area contributed by atoms with Crippen molar-refractivity contribution in [2.45, 2.75) is 19.9 Å². The Balaban J connectivity index is 2.58. The summed E-state index contributed by atoms with van der Waals surface area (Å²) in [6, 6.07) is 0.563. The summed E-state index contributed by atoms with van der Waals surface area (Å²) in [6.45, 7) is 7.90. The molecule has 4 nitrogen and oxygen atoms in total. The van der Waals surface area contributed by atoms with Crippen molar-refractivity contribution in [3.8, 4) is 0 Å². The summed E-state index contributed by atoms with van der Waals surface area (Å²) in [6.07, 6.45) is 0. The van der Waals surface area contributed by atoms with Crippen molar-refractivity contribution in [2.75, 3.05) is 40.3 Å². The molecule has 0 aromatic carbocycles. The second-order valence-corrected chi connectivity index (χ2v) is 7.76. The lowest BCUT2D eigenvalue weighted by Crippen LogP contribution is -2.52. The van der Waals surface area contributed by atoms with Crippen LogP contribution in [0.3, 0.4) is 0 Å². The molecule has 0 aromatic heterocycles. The Kier molecular flexibility index (Phi) is 4.49. The highest BCUT2D eigenvalue weighted by Gasteiger charge is 2.26. The molecule has 0 spiro atoms. The van der Waals surface area contributed by atoms with E-state index in [4.69, 9.17) is 11.2 Å². The van der Waals surface area contributed by atoms with Gasteiger partial charge in [0, 0.05) is 57.5 Å². The average molecular weight is 251 g/mol. The molecule has 1 heterocycles. The largest absolute Gasteiger partial charge is 0.298 e. The van der Waals surface area contributed by atoms with E-state index in [-0.39, 0.29) is 0 Å². The molecule has 15 heavy (non-hydrogen) atoms. The van der Waals surface area contributed by atoms with Crippen LogP contribution in [0.25, 0.3) is 0 Å². The Labute approximate surface area is 98.2 Å². The van der Waals surface area contributed by atoms with Gasteiger partial charge in [-0.05, 0) is 13.8 Å². The molecule has 1 aliphatic rings. The third kappa shape index (κ3) is 3.10. The van der Waals surface area contributed by atoms with E-state index < -0.39 is 8.86 Å². The topological polar surface area (TPSA) is 26.8 Å². The maximum Gasteiger partial charge on any atom is 0.157 e. The second-order valence-electron chi connectivity index (χ2n) is 4.32. The molecule has 90 valence electrons. The van der Waals surface area contributed by atoms with Crippen molar-refractivity contribution in [1.82, 2.24) is 13.5 Å². The Morgan fingerprint density at radius 3 is 2.00 bits per heavy atom. The molecular formula is C9H21N3OS2. The van der Waals surface area contributed by atoms with Crippen LogP contribution in [0.2, 0.25) is 0 Å². The van der Waals surface area contributed by atoms with Crippen LogP contribution in [-0.4, -0.2) is 64.0 Å². The van der Waals surface area contributed by atoms with Gasteiger partial charge in [-0.2, -0.15) is 0 Å². The van der Waals surface area contributed by atoms with Crippen molar-refractivity contribution in [1.29, 1.82) is 0 Å². The highest BCUT2D eigenvalue weighted by Crippen LogP contribution is 2.11. The fourth-order valence-corrected chi connectivity index (χ4v) is 3.22. The van der Waals surface area contributed by atoms with Gasteiger partial charge in [0.25, 0.3) is 0 Å². The number of hydrogen-bond donors (Lipinski definition) is 0. The maximum atomic E-state index is 12.2. The molecule has 1 saturated heterocycles. The Bertz CT molecular complexity index is 292. The normalized spacial score (nSPS) is 24.7. The molecule has 0 aromatic rings. The molecule has 1 atom stereocenters. The van der Waals surface area contributed by atoms with E-state index in [0.29, 0.717) is 6.04 Å². The maximum absolute atomic E-state index is 12.2. The predicted octanol–water partition coefficient (Wildman–Crippen LogP) is 0.150. The van der Waals surface area contributed by atoms with Gasteiger partial charge in [0.15, 0.2) is 8.86 Å². The first kappa shape index (κ1) is 13.3. The average Bonchev–Trinajstić information content (AvgIpc) is 2.17. The smallest absolute Gasteiger partial charge is 0.157 e. The van der Waals surface area contributed by atoms with Gasteiger partial charge in [0.05, 0.1) is 0 Å². The van der Waals surface area contributed by atoms with Crippen LogP contribution in [-0.2, 0) is 20.1 Å². The fraction of sp³-hybridized carbons (Fsp3) is 1.00. The van der Waals surface area contributed by atoms with E-state index in [1.54, 1.807) is 18.4 Å². The van der Waals surface area contributed by atoms with Crippen LogP contribution in [0.4, 0.5) is 0 Å². The Morgan fingerprint density at radius 2 is 1.67 bits per heavy atom. The summed E-state index contributed by atoms with van der Waals surface area (Å²) in [5.41, 5.74) is 0. The highest BCUT2D eigenvalue weighted by molar-refractivity contribution is 8.30. The van der Waals surface area contributed by atoms with Crippen LogP contribution in [0.5, 0.6) is 0 Å². The molecule has 0 amide bonds. The lowest BCUT2D eigenvalue weighted by Gasteiger charge is -2.38. The van der Waals surface area contributed by atoms with Gasteiger partial charge in [-0.3, -0.25) is 4.90 Å². The molecular weight excluding hydrogens is 230 g/mol. The van der Waals surface area contributed by atoms with Crippen molar-refractivity contribution in [3.63, 3.8) is 0 Å². The fourth-order valence-electron chi connectivity index (χ4n) is 1.68. The number of piperazine rings is 1. The van der Waals surface area contributed by atoms with Crippen molar-refractivity contribution in [3.05, 3.63) is 0 Å². The second kappa shape index (κ2) is 5.05. The van der Waals surface area contributed by atoms with E-state index in [1.165, 1.54) is 0 Å². The zero-order chi connectivity index (χ0) is 11.6. The van der Waals surface area contributed by atoms with Gasteiger partial charge in [-0.1, -0.05) is 0 Å². The molecule has 0 aliphatic carbocycles. The summed E-state index contributed by atoms with van der Waals surface area (Å²) >= 11 is 5.15. The van der Waals surface area contributed by atoms with Gasteiger partial charge in [0.2, 0.25) is 0 Å². The van der Waals surface area contributed by atoms with Crippen molar-refractivity contribution < 1.29 is 4.21 Å². The van der Waals surface area contributed by atoms with Gasteiger partial charge >= 0.3 is 0 Å². The third-order valence-corrected chi connectivity index (χ3v) is 6.26. The van der Waals surface area contributed by atoms with Gasteiger partial charge in [-0.15, -0.1) is 0 Å². The Hall–Kier alpha value is 0.250. The molecule has 6 heteroatoms. The molecule has 1 fully saturated rings. The lowest BCUT2D eigenvalue weighted by atomic mass is 10.3. The van der Waals surface area contributed by atoms with E-state index in [2.05, 4.69) is 18.7 Å². The summed E-state index contributed by atoms with van der Waals surface area (Å²) in [5.74, 6) is 0. The van der Waals surface area contributed by atoms with Crippen LogP contribution in [0, 0.1) is 0 Å². The van der Waals surface area contributed by atoms with Crippen LogP contribution in [0.15, 0.2) is 0 Å². The summed E-state index contributed by atoms with van der Waals surface area (Å²) in [4.78, 5) is 2.39. The van der Waals surface area contributed by atoms with Crippen LogP contribution in [0.1, 0.15) is 13.8 Å².